The molecule has 5 nitrogen and oxygen atoms in total. The van der Waals surface area contributed by atoms with Crippen molar-refractivity contribution in [3.63, 3.8) is 0 Å². The van der Waals surface area contributed by atoms with Crippen LogP contribution in [0.25, 0.3) is 0 Å². The molecule has 2 rings (SSSR count). The van der Waals surface area contributed by atoms with E-state index in [2.05, 4.69) is 53.7 Å². The molecular formula is C20H35IN4O. The van der Waals surface area contributed by atoms with Crippen LogP contribution in [0.5, 0.6) is 5.75 Å². The van der Waals surface area contributed by atoms with Crippen molar-refractivity contribution in [3.8, 4) is 5.75 Å². The molecule has 1 aliphatic rings. The molecule has 0 amide bonds. The van der Waals surface area contributed by atoms with Gasteiger partial charge in [-0.15, -0.1) is 24.0 Å². The van der Waals surface area contributed by atoms with Gasteiger partial charge >= 0.3 is 0 Å². The Bertz CT molecular complexity index is 550. The lowest BCUT2D eigenvalue weighted by molar-refractivity contribution is 0.131. The molecule has 6 heteroatoms. The molecule has 1 unspecified atom stereocenters. The molecule has 2 N–H and O–H groups in total. The Labute approximate surface area is 176 Å². The minimum absolute atomic E-state index is 0. The minimum atomic E-state index is 0. The van der Waals surface area contributed by atoms with Crippen LogP contribution in [-0.4, -0.2) is 52.2 Å². The van der Waals surface area contributed by atoms with Gasteiger partial charge in [0.15, 0.2) is 5.96 Å². The molecule has 0 bridgehead atoms. The van der Waals surface area contributed by atoms with E-state index >= 15 is 0 Å². The number of halogens is 1. The summed E-state index contributed by atoms with van der Waals surface area (Å²) in [5.41, 5.74) is 1.74. The molecule has 0 heterocycles. The van der Waals surface area contributed by atoms with Gasteiger partial charge in [0.05, 0.1) is 13.2 Å². The second kappa shape index (κ2) is 11.0. The highest BCUT2D eigenvalue weighted by Crippen LogP contribution is 2.42. The fraction of sp³-hybridized carbons (Fsp3) is 0.650. The van der Waals surface area contributed by atoms with Crippen LogP contribution in [0.4, 0.5) is 0 Å². The molecule has 1 aromatic rings. The summed E-state index contributed by atoms with van der Waals surface area (Å²) in [4.78, 5) is 6.62. The van der Waals surface area contributed by atoms with Crippen LogP contribution in [0.15, 0.2) is 29.3 Å². The topological polar surface area (TPSA) is 48.9 Å². The largest absolute Gasteiger partial charge is 0.497 e. The summed E-state index contributed by atoms with van der Waals surface area (Å²) in [5, 5.41) is 7.02. The Kier molecular flexibility index (Phi) is 9.71. The van der Waals surface area contributed by atoms with Gasteiger partial charge < -0.3 is 20.3 Å². The molecule has 0 aromatic heterocycles. The zero-order valence-electron chi connectivity index (χ0n) is 16.8. The lowest BCUT2D eigenvalue weighted by Gasteiger charge is -2.41. The predicted octanol–water partition coefficient (Wildman–Crippen LogP) is 3.66. The fourth-order valence-corrected chi connectivity index (χ4v) is 3.44. The summed E-state index contributed by atoms with van der Waals surface area (Å²) in [7, 11) is 7.74. The molecular weight excluding hydrogens is 439 g/mol. The standard InChI is InChI=1S/C20H34N4O.HI/c1-6-20(12-7-13-20)15-23-19(21-2)22-14-18(24(3)4)16-8-10-17(25-5)11-9-16;/h8-11,18H,6-7,12-15H2,1-5H3,(H2,21,22,23);1H. The van der Waals surface area contributed by atoms with Crippen LogP contribution in [0.3, 0.4) is 0 Å². The lowest BCUT2D eigenvalue weighted by atomic mass is 9.67. The molecule has 148 valence electrons. The van der Waals surface area contributed by atoms with Crippen LogP contribution >= 0.6 is 24.0 Å². The third kappa shape index (κ3) is 6.01. The van der Waals surface area contributed by atoms with Gasteiger partial charge in [-0.3, -0.25) is 4.99 Å². The fourth-order valence-electron chi connectivity index (χ4n) is 3.44. The van der Waals surface area contributed by atoms with Gasteiger partial charge in [0.25, 0.3) is 0 Å². The zero-order valence-corrected chi connectivity index (χ0v) is 19.2. The highest BCUT2D eigenvalue weighted by molar-refractivity contribution is 14.0. The molecule has 0 spiro atoms. The van der Waals surface area contributed by atoms with Crippen molar-refractivity contribution < 1.29 is 4.74 Å². The van der Waals surface area contributed by atoms with Gasteiger partial charge in [-0.2, -0.15) is 0 Å². The molecule has 1 fully saturated rings. The number of benzene rings is 1. The number of aliphatic imine (C=N–C) groups is 1. The van der Waals surface area contributed by atoms with Crippen LogP contribution < -0.4 is 15.4 Å². The van der Waals surface area contributed by atoms with E-state index < -0.39 is 0 Å². The normalized spacial score (nSPS) is 17.1. The number of likely N-dealkylation sites (N-methyl/N-ethyl adjacent to an activating group) is 1. The second-order valence-corrected chi connectivity index (χ2v) is 7.27. The van der Waals surface area contributed by atoms with E-state index in [1.807, 2.05) is 19.2 Å². The van der Waals surface area contributed by atoms with Crippen molar-refractivity contribution in [1.82, 2.24) is 15.5 Å². The average molecular weight is 474 g/mol. The highest BCUT2D eigenvalue weighted by Gasteiger charge is 2.34. The van der Waals surface area contributed by atoms with Gasteiger partial charge in [0, 0.05) is 20.1 Å². The Balaban J connectivity index is 0.00000338. The number of rotatable bonds is 8. The van der Waals surface area contributed by atoms with Crippen molar-refractivity contribution in [3.05, 3.63) is 29.8 Å². The summed E-state index contributed by atoms with van der Waals surface area (Å²) in [5.74, 6) is 1.78. The van der Waals surface area contributed by atoms with Gasteiger partial charge in [-0.05, 0) is 56.5 Å². The molecule has 0 radical (unpaired) electrons. The van der Waals surface area contributed by atoms with E-state index in [9.17, 15) is 0 Å². The first kappa shape index (κ1) is 23.0. The van der Waals surface area contributed by atoms with Gasteiger partial charge in [-0.1, -0.05) is 25.5 Å². The number of nitrogens with zero attached hydrogens (tertiary/aromatic N) is 2. The van der Waals surface area contributed by atoms with E-state index in [-0.39, 0.29) is 30.0 Å². The predicted molar refractivity (Wildman–Crippen MR) is 121 cm³/mol. The monoisotopic (exact) mass is 474 g/mol. The van der Waals surface area contributed by atoms with Crippen molar-refractivity contribution in [1.29, 1.82) is 0 Å². The van der Waals surface area contributed by atoms with Crippen molar-refractivity contribution >= 4 is 29.9 Å². The molecule has 1 aliphatic carbocycles. The van der Waals surface area contributed by atoms with Gasteiger partial charge in [0.1, 0.15) is 5.75 Å². The first-order chi connectivity index (χ1) is 12.0. The average Bonchev–Trinajstić information content (AvgIpc) is 2.59. The summed E-state index contributed by atoms with van der Waals surface area (Å²) in [6.07, 6.45) is 5.27. The highest BCUT2D eigenvalue weighted by atomic mass is 127. The number of methoxy groups -OCH3 is 1. The van der Waals surface area contributed by atoms with Crippen LogP contribution in [0, 0.1) is 5.41 Å². The second-order valence-electron chi connectivity index (χ2n) is 7.27. The van der Waals surface area contributed by atoms with Crippen LogP contribution in [-0.2, 0) is 0 Å². The molecule has 1 saturated carbocycles. The number of guanidine groups is 1. The number of hydrogen-bond donors (Lipinski definition) is 2. The van der Waals surface area contributed by atoms with Crippen molar-refractivity contribution in [2.24, 2.45) is 10.4 Å². The molecule has 0 aliphatic heterocycles. The van der Waals surface area contributed by atoms with Gasteiger partial charge in [-0.25, -0.2) is 0 Å². The number of ether oxygens (including phenoxy) is 1. The Morgan fingerprint density at radius 3 is 2.31 bits per heavy atom. The SMILES string of the molecule is CCC1(CNC(=NC)NCC(c2ccc(OC)cc2)N(C)C)CCC1.I. The molecule has 0 saturated heterocycles. The van der Waals surface area contributed by atoms with E-state index in [0.29, 0.717) is 5.41 Å². The summed E-state index contributed by atoms with van der Waals surface area (Å²) in [6, 6.07) is 8.55. The van der Waals surface area contributed by atoms with Crippen molar-refractivity contribution in [2.45, 2.75) is 38.6 Å². The maximum absolute atomic E-state index is 5.26. The van der Waals surface area contributed by atoms with E-state index in [4.69, 9.17) is 4.74 Å². The maximum Gasteiger partial charge on any atom is 0.191 e. The number of nitrogens with one attached hydrogen (secondary N) is 2. The Morgan fingerprint density at radius 1 is 1.23 bits per heavy atom. The third-order valence-electron chi connectivity index (χ3n) is 5.61. The minimum Gasteiger partial charge on any atom is -0.497 e. The molecule has 26 heavy (non-hydrogen) atoms. The van der Waals surface area contributed by atoms with Crippen LogP contribution in [0.2, 0.25) is 0 Å². The van der Waals surface area contributed by atoms with E-state index in [0.717, 1.165) is 24.8 Å². The van der Waals surface area contributed by atoms with Gasteiger partial charge in [0.2, 0.25) is 0 Å². The quantitative estimate of drug-likeness (QED) is 0.343. The van der Waals surface area contributed by atoms with E-state index in [1.165, 1.54) is 31.2 Å². The zero-order chi connectivity index (χ0) is 18.3. The molecule has 1 aromatic carbocycles. The summed E-state index contributed by atoms with van der Waals surface area (Å²) in [6.45, 7) is 4.11. The molecule has 1 atom stereocenters. The Morgan fingerprint density at radius 2 is 1.88 bits per heavy atom. The lowest BCUT2D eigenvalue weighted by Crippen LogP contribution is -2.47. The maximum atomic E-state index is 5.26. The van der Waals surface area contributed by atoms with E-state index in [1.54, 1.807) is 7.11 Å². The smallest absolute Gasteiger partial charge is 0.191 e. The first-order valence-corrected chi connectivity index (χ1v) is 9.28. The summed E-state index contributed by atoms with van der Waals surface area (Å²) < 4.78 is 5.26. The third-order valence-corrected chi connectivity index (χ3v) is 5.61. The van der Waals surface area contributed by atoms with Crippen LogP contribution in [0.1, 0.15) is 44.2 Å². The number of hydrogen-bond acceptors (Lipinski definition) is 3. The van der Waals surface area contributed by atoms with Crippen molar-refractivity contribution in [2.75, 3.05) is 41.3 Å². The summed E-state index contributed by atoms with van der Waals surface area (Å²) >= 11 is 0. The Hall–Kier alpha value is -1.02. The first-order valence-electron chi connectivity index (χ1n) is 9.28.